The number of anilines is 1. The summed E-state index contributed by atoms with van der Waals surface area (Å²) < 4.78 is 13.1. The fourth-order valence-electron chi connectivity index (χ4n) is 1.32. The maximum atomic E-state index is 13.1. The number of nitrogens with two attached hydrogens (primary N) is 1. The van der Waals surface area contributed by atoms with E-state index < -0.39 is 0 Å². The number of rotatable bonds is 2. The predicted octanol–water partition coefficient (Wildman–Crippen LogP) is 2.76. The number of nitrogen functional groups attached to an aromatic ring is 1. The zero-order valence-corrected chi connectivity index (χ0v) is 9.14. The van der Waals surface area contributed by atoms with Crippen LogP contribution in [0.4, 0.5) is 10.1 Å². The highest BCUT2D eigenvalue weighted by Crippen LogP contribution is 2.22. The minimum Gasteiger partial charge on any atom is -0.397 e. The molecule has 4 heteroatoms. The van der Waals surface area contributed by atoms with Gasteiger partial charge in [-0.05, 0) is 25.1 Å². The molecular formula is C11H11FN2S. The van der Waals surface area contributed by atoms with Gasteiger partial charge in [0.25, 0.3) is 0 Å². The second-order valence-corrected chi connectivity index (χ2v) is 4.72. The Kier molecular flexibility index (Phi) is 2.68. The maximum Gasteiger partial charge on any atom is 0.137 e. The van der Waals surface area contributed by atoms with E-state index in [1.54, 1.807) is 25.3 Å². The van der Waals surface area contributed by atoms with Gasteiger partial charge in [-0.1, -0.05) is 0 Å². The van der Waals surface area contributed by atoms with E-state index in [0.29, 0.717) is 12.1 Å². The minimum atomic E-state index is -0.134. The monoisotopic (exact) mass is 222 g/mol. The Hall–Kier alpha value is -1.42. The van der Waals surface area contributed by atoms with Crippen LogP contribution in [-0.4, -0.2) is 4.98 Å². The van der Waals surface area contributed by atoms with Gasteiger partial charge in [-0.2, -0.15) is 0 Å². The second kappa shape index (κ2) is 3.98. The third-order valence-corrected chi connectivity index (χ3v) is 3.14. The van der Waals surface area contributed by atoms with Gasteiger partial charge in [0.15, 0.2) is 0 Å². The lowest BCUT2D eigenvalue weighted by Gasteiger charge is -1.97. The molecule has 0 radical (unpaired) electrons. The van der Waals surface area contributed by atoms with E-state index in [1.165, 1.54) is 11.3 Å². The summed E-state index contributed by atoms with van der Waals surface area (Å²) in [6.45, 7) is 1.78. The molecular weight excluding hydrogens is 211 g/mol. The van der Waals surface area contributed by atoms with Gasteiger partial charge in [0.1, 0.15) is 5.82 Å². The first kappa shape index (κ1) is 10.1. The van der Waals surface area contributed by atoms with Crippen molar-refractivity contribution < 1.29 is 4.39 Å². The zero-order valence-electron chi connectivity index (χ0n) is 8.33. The van der Waals surface area contributed by atoms with Gasteiger partial charge < -0.3 is 5.73 Å². The average Bonchev–Trinajstić information content (AvgIpc) is 2.50. The van der Waals surface area contributed by atoms with E-state index in [0.717, 1.165) is 15.4 Å². The van der Waals surface area contributed by atoms with Crippen molar-refractivity contribution in [2.24, 2.45) is 0 Å². The van der Waals surface area contributed by atoms with Crippen molar-refractivity contribution in [3.8, 4) is 0 Å². The Morgan fingerprint density at radius 3 is 2.80 bits per heavy atom. The van der Waals surface area contributed by atoms with Crippen LogP contribution in [-0.2, 0) is 6.42 Å². The van der Waals surface area contributed by atoms with E-state index in [-0.39, 0.29) is 5.82 Å². The first-order chi connectivity index (χ1) is 7.15. The summed E-state index contributed by atoms with van der Waals surface area (Å²) in [5.41, 5.74) is 7.08. The van der Waals surface area contributed by atoms with Crippen molar-refractivity contribution >= 4 is 17.0 Å². The molecule has 2 heterocycles. The lowest BCUT2D eigenvalue weighted by Crippen LogP contribution is -1.92. The van der Waals surface area contributed by atoms with Crippen molar-refractivity contribution in [3.05, 3.63) is 45.7 Å². The van der Waals surface area contributed by atoms with Crippen LogP contribution < -0.4 is 5.73 Å². The molecule has 2 aromatic rings. The molecule has 78 valence electrons. The molecule has 0 aromatic carbocycles. The summed E-state index contributed by atoms with van der Waals surface area (Å²) in [6, 6.07) is 5.24. The lowest BCUT2D eigenvalue weighted by molar-refractivity contribution is 0.625. The summed E-state index contributed by atoms with van der Waals surface area (Å²) in [4.78, 5) is 5.88. The van der Waals surface area contributed by atoms with Crippen LogP contribution in [0.5, 0.6) is 0 Å². The molecule has 0 unspecified atom stereocenters. The highest BCUT2D eigenvalue weighted by atomic mass is 32.1. The van der Waals surface area contributed by atoms with Crippen LogP contribution >= 0.6 is 11.3 Å². The van der Waals surface area contributed by atoms with Crippen molar-refractivity contribution in [3.63, 3.8) is 0 Å². The number of pyridine rings is 1. The van der Waals surface area contributed by atoms with Crippen LogP contribution in [0.3, 0.4) is 0 Å². The van der Waals surface area contributed by atoms with Crippen molar-refractivity contribution in [1.29, 1.82) is 0 Å². The summed E-state index contributed by atoms with van der Waals surface area (Å²) in [5.74, 6) is -0.134. The Morgan fingerprint density at radius 1 is 1.47 bits per heavy atom. The molecule has 15 heavy (non-hydrogen) atoms. The van der Waals surface area contributed by atoms with Crippen molar-refractivity contribution in [1.82, 2.24) is 4.98 Å². The zero-order chi connectivity index (χ0) is 10.8. The number of aromatic nitrogens is 1. The first-order valence-corrected chi connectivity index (χ1v) is 5.42. The van der Waals surface area contributed by atoms with Gasteiger partial charge >= 0.3 is 0 Å². The Bertz CT molecular complexity index is 442. The predicted molar refractivity (Wildman–Crippen MR) is 60.5 cm³/mol. The SMILES string of the molecule is Cc1sc(Cc2ccc(N)cn2)cc1F. The molecule has 0 saturated carbocycles. The van der Waals surface area contributed by atoms with E-state index in [2.05, 4.69) is 4.98 Å². The number of nitrogens with zero attached hydrogens (tertiary/aromatic N) is 1. The summed E-state index contributed by atoms with van der Waals surface area (Å²) in [5, 5.41) is 0. The number of thiophene rings is 1. The molecule has 2 aromatic heterocycles. The third kappa shape index (κ3) is 2.33. The van der Waals surface area contributed by atoms with Crippen LogP contribution in [0.15, 0.2) is 24.4 Å². The van der Waals surface area contributed by atoms with E-state index in [9.17, 15) is 4.39 Å². The molecule has 0 fully saturated rings. The van der Waals surface area contributed by atoms with Crippen molar-refractivity contribution in [2.75, 3.05) is 5.73 Å². The van der Waals surface area contributed by atoms with Gasteiger partial charge in [-0.3, -0.25) is 4.98 Å². The highest BCUT2D eigenvalue weighted by molar-refractivity contribution is 7.11. The van der Waals surface area contributed by atoms with Gasteiger partial charge in [0.2, 0.25) is 0 Å². The standard InChI is InChI=1S/C11H11FN2S/c1-7-11(12)5-10(15-7)4-9-3-2-8(13)6-14-9/h2-3,5-6H,4,13H2,1H3. The second-order valence-electron chi connectivity index (χ2n) is 3.38. The smallest absolute Gasteiger partial charge is 0.137 e. The van der Waals surface area contributed by atoms with Gasteiger partial charge in [-0.25, -0.2) is 4.39 Å². The first-order valence-electron chi connectivity index (χ1n) is 4.60. The van der Waals surface area contributed by atoms with E-state index in [1.807, 2.05) is 6.07 Å². The largest absolute Gasteiger partial charge is 0.397 e. The summed E-state index contributed by atoms with van der Waals surface area (Å²) in [6.07, 6.45) is 2.28. The number of halogens is 1. The Balaban J connectivity index is 2.18. The molecule has 0 aliphatic heterocycles. The molecule has 0 saturated heterocycles. The highest BCUT2D eigenvalue weighted by Gasteiger charge is 2.05. The van der Waals surface area contributed by atoms with Gasteiger partial charge in [0, 0.05) is 21.9 Å². The van der Waals surface area contributed by atoms with Gasteiger partial charge in [0.05, 0.1) is 11.9 Å². The number of hydrogen-bond acceptors (Lipinski definition) is 3. The molecule has 0 bridgehead atoms. The van der Waals surface area contributed by atoms with Crippen LogP contribution in [0.1, 0.15) is 15.4 Å². The van der Waals surface area contributed by atoms with Crippen LogP contribution in [0, 0.1) is 12.7 Å². The maximum absolute atomic E-state index is 13.1. The van der Waals surface area contributed by atoms with Crippen LogP contribution in [0.2, 0.25) is 0 Å². The minimum absolute atomic E-state index is 0.134. The normalized spacial score (nSPS) is 10.5. The third-order valence-electron chi connectivity index (χ3n) is 2.11. The number of hydrogen-bond donors (Lipinski definition) is 1. The molecule has 2 nitrogen and oxygen atoms in total. The summed E-state index contributed by atoms with van der Waals surface area (Å²) >= 11 is 1.47. The molecule has 2 N–H and O–H groups in total. The Labute approximate surface area is 91.6 Å². The Morgan fingerprint density at radius 2 is 2.27 bits per heavy atom. The van der Waals surface area contributed by atoms with E-state index >= 15 is 0 Å². The molecule has 0 aliphatic rings. The van der Waals surface area contributed by atoms with Crippen molar-refractivity contribution in [2.45, 2.75) is 13.3 Å². The summed E-state index contributed by atoms with van der Waals surface area (Å²) in [7, 11) is 0. The topological polar surface area (TPSA) is 38.9 Å². The quantitative estimate of drug-likeness (QED) is 0.848. The molecule has 0 amide bonds. The fourth-order valence-corrected chi connectivity index (χ4v) is 2.26. The van der Waals surface area contributed by atoms with Gasteiger partial charge in [-0.15, -0.1) is 11.3 Å². The fraction of sp³-hybridized carbons (Fsp3) is 0.182. The molecule has 2 rings (SSSR count). The number of aryl methyl sites for hydroxylation is 1. The molecule has 0 aliphatic carbocycles. The molecule has 0 atom stereocenters. The molecule has 0 spiro atoms. The van der Waals surface area contributed by atoms with Crippen LogP contribution in [0.25, 0.3) is 0 Å². The van der Waals surface area contributed by atoms with E-state index in [4.69, 9.17) is 5.73 Å². The average molecular weight is 222 g/mol. The lowest BCUT2D eigenvalue weighted by atomic mass is 10.2.